The first-order valence-electron chi connectivity index (χ1n) is 12.6. The van der Waals surface area contributed by atoms with Crippen molar-refractivity contribution in [1.82, 2.24) is 30.4 Å². The highest BCUT2D eigenvalue weighted by Crippen LogP contribution is 2.26. The number of aromatic nitrogens is 4. The van der Waals surface area contributed by atoms with Crippen molar-refractivity contribution in [1.29, 1.82) is 0 Å². The van der Waals surface area contributed by atoms with Crippen LogP contribution in [0.5, 0.6) is 0 Å². The molecule has 1 N–H and O–H groups in total. The highest BCUT2D eigenvalue weighted by atomic mass is 19.1. The van der Waals surface area contributed by atoms with Gasteiger partial charge in [0.15, 0.2) is 6.04 Å². The fraction of sp³-hybridized carbons (Fsp3) is 0.500. The molecule has 0 saturated carbocycles. The summed E-state index contributed by atoms with van der Waals surface area (Å²) >= 11 is 0. The van der Waals surface area contributed by atoms with Crippen LogP contribution in [0.3, 0.4) is 0 Å². The number of hydrogen-bond acceptors (Lipinski definition) is 7. The van der Waals surface area contributed by atoms with Gasteiger partial charge in [-0.2, -0.15) is 4.80 Å². The first kappa shape index (κ1) is 26.5. The normalized spacial score (nSPS) is 16.2. The zero-order valence-electron chi connectivity index (χ0n) is 21.4. The number of furan rings is 1. The first-order valence-corrected chi connectivity index (χ1v) is 12.6. The molecule has 198 valence electrons. The van der Waals surface area contributed by atoms with Crippen molar-refractivity contribution < 1.29 is 23.1 Å². The number of amides is 2. The number of tetrazole rings is 1. The molecule has 37 heavy (non-hydrogen) atoms. The molecular formula is C26H33FN6O4. The summed E-state index contributed by atoms with van der Waals surface area (Å²) in [5.74, 6) is 0.635. The van der Waals surface area contributed by atoms with Crippen LogP contribution in [0.4, 0.5) is 4.39 Å². The Labute approximate surface area is 215 Å². The lowest BCUT2D eigenvalue weighted by molar-refractivity contribution is -0.144. The Morgan fingerprint density at radius 3 is 2.65 bits per heavy atom. The number of carbonyl (C=O) groups is 2. The van der Waals surface area contributed by atoms with Crippen LogP contribution in [0.25, 0.3) is 11.4 Å². The number of carbonyl (C=O) groups excluding carboxylic acids is 2. The summed E-state index contributed by atoms with van der Waals surface area (Å²) < 4.78 is 24.9. The van der Waals surface area contributed by atoms with Gasteiger partial charge >= 0.3 is 0 Å². The van der Waals surface area contributed by atoms with Crippen LogP contribution >= 0.6 is 0 Å². The molecule has 1 aliphatic heterocycles. The van der Waals surface area contributed by atoms with Gasteiger partial charge in [0, 0.05) is 25.3 Å². The van der Waals surface area contributed by atoms with Crippen LogP contribution in [0.15, 0.2) is 40.8 Å². The van der Waals surface area contributed by atoms with E-state index in [0.717, 1.165) is 19.3 Å². The van der Waals surface area contributed by atoms with E-state index in [2.05, 4.69) is 34.6 Å². The largest absolute Gasteiger partial charge is 0.464 e. The van der Waals surface area contributed by atoms with Gasteiger partial charge in [-0.1, -0.05) is 13.8 Å². The van der Waals surface area contributed by atoms with E-state index in [1.54, 1.807) is 31.2 Å². The third kappa shape index (κ3) is 7.00. The molecule has 3 heterocycles. The molecular weight excluding hydrogens is 479 g/mol. The molecule has 3 aromatic rings. The van der Waals surface area contributed by atoms with E-state index in [0.29, 0.717) is 36.2 Å². The van der Waals surface area contributed by atoms with Crippen LogP contribution in [0.2, 0.25) is 0 Å². The van der Waals surface area contributed by atoms with E-state index >= 15 is 0 Å². The number of hydrogen-bond donors (Lipinski definition) is 1. The lowest BCUT2D eigenvalue weighted by atomic mass is 10.1. The van der Waals surface area contributed by atoms with E-state index < -0.39 is 6.04 Å². The Morgan fingerprint density at radius 1 is 1.22 bits per heavy atom. The molecule has 1 aliphatic rings. The number of nitrogens with one attached hydrogen (secondary N) is 1. The van der Waals surface area contributed by atoms with Gasteiger partial charge in [0.25, 0.3) is 5.91 Å². The van der Waals surface area contributed by atoms with Crippen LogP contribution in [0, 0.1) is 18.7 Å². The van der Waals surface area contributed by atoms with Crippen LogP contribution in [-0.4, -0.2) is 62.7 Å². The molecule has 1 aromatic carbocycles. The molecule has 1 fully saturated rings. The number of benzene rings is 1. The Balaban J connectivity index is 1.58. The van der Waals surface area contributed by atoms with Crippen molar-refractivity contribution in [3.05, 3.63) is 53.7 Å². The van der Waals surface area contributed by atoms with Gasteiger partial charge in [0.1, 0.15) is 23.9 Å². The summed E-state index contributed by atoms with van der Waals surface area (Å²) in [5, 5.41) is 15.2. The van der Waals surface area contributed by atoms with Crippen molar-refractivity contribution in [3.63, 3.8) is 0 Å². The number of halogens is 1. The van der Waals surface area contributed by atoms with E-state index in [1.165, 1.54) is 21.8 Å². The molecule has 0 radical (unpaired) electrons. The lowest BCUT2D eigenvalue weighted by Crippen LogP contribution is -2.48. The second-order valence-corrected chi connectivity index (χ2v) is 9.66. The van der Waals surface area contributed by atoms with Gasteiger partial charge < -0.3 is 19.4 Å². The van der Waals surface area contributed by atoms with Crippen molar-refractivity contribution in [2.75, 3.05) is 19.7 Å². The van der Waals surface area contributed by atoms with Crippen molar-refractivity contribution in [2.45, 2.75) is 58.7 Å². The Hall–Kier alpha value is -3.60. The zero-order chi connectivity index (χ0) is 26.4. The van der Waals surface area contributed by atoms with Crippen molar-refractivity contribution in [2.24, 2.45) is 5.92 Å². The number of ether oxygens (including phenoxy) is 1. The van der Waals surface area contributed by atoms with Crippen molar-refractivity contribution in [3.8, 4) is 11.4 Å². The average Bonchev–Trinajstić information content (AvgIpc) is 3.62. The van der Waals surface area contributed by atoms with Gasteiger partial charge in [0.2, 0.25) is 11.7 Å². The molecule has 0 bridgehead atoms. The van der Waals surface area contributed by atoms with Gasteiger partial charge in [-0.05, 0) is 73.7 Å². The fourth-order valence-electron chi connectivity index (χ4n) is 4.20. The summed E-state index contributed by atoms with van der Waals surface area (Å²) in [6.45, 7) is 7.04. The predicted octanol–water partition coefficient (Wildman–Crippen LogP) is 3.29. The number of rotatable bonds is 11. The minimum Gasteiger partial charge on any atom is -0.464 e. The summed E-state index contributed by atoms with van der Waals surface area (Å²) in [6, 6.07) is 8.21. The van der Waals surface area contributed by atoms with E-state index in [-0.39, 0.29) is 42.6 Å². The maximum absolute atomic E-state index is 13.7. The maximum Gasteiger partial charge on any atom is 0.250 e. The van der Waals surface area contributed by atoms with Crippen molar-refractivity contribution >= 4 is 11.8 Å². The monoisotopic (exact) mass is 512 g/mol. The molecule has 0 aliphatic carbocycles. The minimum atomic E-state index is -0.974. The molecule has 2 atom stereocenters. The average molecular weight is 513 g/mol. The second kappa shape index (κ2) is 12.1. The number of nitrogens with zero attached hydrogens (tertiary/aromatic N) is 5. The first-order chi connectivity index (χ1) is 17.8. The van der Waals surface area contributed by atoms with Crippen LogP contribution < -0.4 is 5.32 Å². The molecule has 0 spiro atoms. The van der Waals surface area contributed by atoms with E-state index in [9.17, 15) is 14.0 Å². The highest BCUT2D eigenvalue weighted by Gasteiger charge is 2.36. The molecule has 0 unspecified atom stereocenters. The Morgan fingerprint density at radius 2 is 2.00 bits per heavy atom. The minimum absolute atomic E-state index is 0.190. The third-order valence-corrected chi connectivity index (χ3v) is 6.19. The smallest absolute Gasteiger partial charge is 0.250 e. The molecule has 11 heteroatoms. The van der Waals surface area contributed by atoms with E-state index in [1.807, 2.05) is 0 Å². The van der Waals surface area contributed by atoms with Crippen LogP contribution in [0.1, 0.15) is 50.7 Å². The van der Waals surface area contributed by atoms with Gasteiger partial charge in [-0.15, -0.1) is 10.2 Å². The molecule has 1 saturated heterocycles. The summed E-state index contributed by atoms with van der Waals surface area (Å²) in [4.78, 5) is 29.8. The molecule has 4 rings (SSSR count). The fourth-order valence-corrected chi connectivity index (χ4v) is 4.20. The maximum atomic E-state index is 13.7. The van der Waals surface area contributed by atoms with Gasteiger partial charge in [-0.3, -0.25) is 9.59 Å². The van der Waals surface area contributed by atoms with Gasteiger partial charge in [0.05, 0.1) is 6.10 Å². The Bertz CT molecular complexity index is 1190. The molecule has 2 amide bonds. The summed E-state index contributed by atoms with van der Waals surface area (Å²) in [6.07, 6.45) is 2.30. The van der Waals surface area contributed by atoms with E-state index in [4.69, 9.17) is 9.15 Å². The highest BCUT2D eigenvalue weighted by molar-refractivity contribution is 5.88. The lowest BCUT2D eigenvalue weighted by Gasteiger charge is -2.31. The third-order valence-electron chi connectivity index (χ3n) is 6.19. The Kier molecular flexibility index (Phi) is 8.65. The molecule has 10 nitrogen and oxygen atoms in total. The summed E-state index contributed by atoms with van der Waals surface area (Å²) in [7, 11) is 0. The summed E-state index contributed by atoms with van der Waals surface area (Å²) in [5.41, 5.74) is 0.574. The van der Waals surface area contributed by atoms with Crippen LogP contribution in [-0.2, 0) is 20.9 Å². The number of aryl methyl sites for hydroxylation is 1. The van der Waals surface area contributed by atoms with Gasteiger partial charge in [-0.25, -0.2) is 4.39 Å². The SMILES string of the molecule is Cc1ccc([C@H](C(=O)NCCC(C)C)N(C[C@@H]2CCCO2)C(=O)Cn2nnc(-c3ccc(F)cc3)n2)o1. The standard InChI is InChI=1S/C26H33FN6O4/c1-17(2)12-13-28-26(35)24(22-11-6-18(3)37-22)32(15-21-5-4-14-36-21)23(34)16-33-30-25(29-31-33)19-7-9-20(27)10-8-19/h6-11,17,21,24H,4-5,12-16H2,1-3H3,(H,28,35)/t21-,24+/m0/s1. The topological polar surface area (TPSA) is 115 Å². The molecule has 2 aromatic heterocycles. The zero-order valence-corrected chi connectivity index (χ0v) is 21.4. The predicted molar refractivity (Wildman–Crippen MR) is 133 cm³/mol. The quantitative estimate of drug-likeness (QED) is 0.419. The second-order valence-electron chi connectivity index (χ2n) is 9.66.